The van der Waals surface area contributed by atoms with Crippen molar-refractivity contribution in [3.63, 3.8) is 0 Å². The maximum absolute atomic E-state index is 4.31. The largest absolute Gasteiger partial charge is 0.355 e. The first-order chi connectivity index (χ1) is 7.34. The lowest BCUT2D eigenvalue weighted by atomic mass is 9.99. The quantitative estimate of drug-likeness (QED) is 0.702. The zero-order valence-corrected chi connectivity index (χ0v) is 9.63. The molecule has 0 atom stereocenters. The van der Waals surface area contributed by atoms with Crippen molar-refractivity contribution in [3.8, 4) is 0 Å². The van der Waals surface area contributed by atoms with Gasteiger partial charge in [0.1, 0.15) is 0 Å². The third-order valence-electron chi connectivity index (χ3n) is 3.27. The van der Waals surface area contributed by atoms with Crippen molar-refractivity contribution < 1.29 is 0 Å². The van der Waals surface area contributed by atoms with E-state index in [9.17, 15) is 0 Å². The van der Waals surface area contributed by atoms with Gasteiger partial charge in [-0.1, -0.05) is 6.92 Å². The molecule has 2 heterocycles. The van der Waals surface area contributed by atoms with E-state index in [1.54, 1.807) is 0 Å². The van der Waals surface area contributed by atoms with Gasteiger partial charge < -0.3 is 15.5 Å². The van der Waals surface area contributed by atoms with Crippen LogP contribution in [0, 0.1) is 5.92 Å². The number of aliphatic imine (C=N–C) groups is 1. The third-order valence-corrected chi connectivity index (χ3v) is 3.27. The Bertz CT molecular complexity index is 219. The molecule has 15 heavy (non-hydrogen) atoms. The fourth-order valence-corrected chi connectivity index (χ4v) is 2.13. The summed E-state index contributed by atoms with van der Waals surface area (Å²) in [6.45, 7) is 8.96. The SMILES string of the molecule is CC1CCN(CCNC2=NCCN2)CC1. The monoisotopic (exact) mass is 210 g/mol. The van der Waals surface area contributed by atoms with Gasteiger partial charge in [-0.05, 0) is 31.8 Å². The van der Waals surface area contributed by atoms with Crippen LogP contribution in [0.25, 0.3) is 0 Å². The molecule has 2 aliphatic heterocycles. The lowest BCUT2D eigenvalue weighted by Gasteiger charge is -2.30. The number of likely N-dealkylation sites (tertiary alicyclic amines) is 1. The highest BCUT2D eigenvalue weighted by Gasteiger charge is 2.15. The van der Waals surface area contributed by atoms with Crippen molar-refractivity contribution >= 4 is 5.96 Å². The smallest absolute Gasteiger partial charge is 0.191 e. The second-order valence-electron chi connectivity index (χ2n) is 4.61. The summed E-state index contributed by atoms with van der Waals surface area (Å²) in [6, 6.07) is 0. The Labute approximate surface area is 92.1 Å². The summed E-state index contributed by atoms with van der Waals surface area (Å²) < 4.78 is 0. The predicted molar refractivity (Wildman–Crippen MR) is 63.1 cm³/mol. The zero-order chi connectivity index (χ0) is 10.5. The van der Waals surface area contributed by atoms with E-state index in [1.165, 1.54) is 25.9 Å². The predicted octanol–water partition coefficient (Wildman–Crippen LogP) is 0.267. The van der Waals surface area contributed by atoms with E-state index >= 15 is 0 Å². The molecule has 0 spiro atoms. The minimum Gasteiger partial charge on any atom is -0.355 e. The minimum absolute atomic E-state index is 0.920. The van der Waals surface area contributed by atoms with Crippen LogP contribution in [0.5, 0.6) is 0 Å². The number of piperidine rings is 1. The summed E-state index contributed by atoms with van der Waals surface area (Å²) in [4.78, 5) is 6.85. The summed E-state index contributed by atoms with van der Waals surface area (Å²) in [5.41, 5.74) is 0. The number of rotatable bonds is 3. The van der Waals surface area contributed by atoms with Gasteiger partial charge in [0.05, 0.1) is 6.54 Å². The molecule has 4 nitrogen and oxygen atoms in total. The van der Waals surface area contributed by atoms with E-state index in [0.717, 1.165) is 38.1 Å². The number of hydrogen-bond donors (Lipinski definition) is 2. The highest BCUT2D eigenvalue weighted by atomic mass is 15.2. The Hall–Kier alpha value is -0.770. The molecule has 0 saturated carbocycles. The minimum atomic E-state index is 0.920. The fourth-order valence-electron chi connectivity index (χ4n) is 2.13. The van der Waals surface area contributed by atoms with Gasteiger partial charge in [-0.25, -0.2) is 0 Å². The standard InChI is InChI=1S/C11H22N4/c1-10-2-7-15(8-3-10)9-6-14-11-12-4-5-13-11/h10H,2-9H2,1H3,(H2,12,13,14). The van der Waals surface area contributed by atoms with Crippen molar-refractivity contribution in [1.82, 2.24) is 15.5 Å². The molecule has 1 fully saturated rings. The van der Waals surface area contributed by atoms with Crippen LogP contribution in [-0.2, 0) is 0 Å². The van der Waals surface area contributed by atoms with Crippen LogP contribution in [0.15, 0.2) is 4.99 Å². The second kappa shape index (κ2) is 5.35. The highest BCUT2D eigenvalue weighted by Crippen LogP contribution is 2.14. The van der Waals surface area contributed by atoms with Gasteiger partial charge in [0.2, 0.25) is 0 Å². The average molecular weight is 210 g/mol. The maximum Gasteiger partial charge on any atom is 0.191 e. The topological polar surface area (TPSA) is 39.7 Å². The molecule has 0 bridgehead atoms. The van der Waals surface area contributed by atoms with Crippen molar-refractivity contribution in [3.05, 3.63) is 0 Å². The van der Waals surface area contributed by atoms with Gasteiger partial charge in [-0.3, -0.25) is 4.99 Å². The van der Waals surface area contributed by atoms with Crippen LogP contribution in [0.4, 0.5) is 0 Å². The summed E-state index contributed by atoms with van der Waals surface area (Å²) in [6.07, 6.45) is 2.72. The van der Waals surface area contributed by atoms with Crippen LogP contribution in [-0.4, -0.2) is 50.1 Å². The summed E-state index contributed by atoms with van der Waals surface area (Å²) in [5.74, 6) is 1.91. The number of guanidine groups is 1. The number of nitrogens with zero attached hydrogens (tertiary/aromatic N) is 2. The number of hydrogen-bond acceptors (Lipinski definition) is 4. The average Bonchev–Trinajstić information content (AvgIpc) is 2.74. The second-order valence-corrected chi connectivity index (χ2v) is 4.61. The van der Waals surface area contributed by atoms with Crippen LogP contribution < -0.4 is 10.6 Å². The Kier molecular flexibility index (Phi) is 3.83. The molecule has 0 radical (unpaired) electrons. The van der Waals surface area contributed by atoms with E-state index < -0.39 is 0 Å². The van der Waals surface area contributed by atoms with E-state index in [2.05, 4.69) is 27.4 Å². The molecule has 2 rings (SSSR count). The van der Waals surface area contributed by atoms with Gasteiger partial charge >= 0.3 is 0 Å². The van der Waals surface area contributed by atoms with Crippen LogP contribution in [0.2, 0.25) is 0 Å². The molecule has 2 N–H and O–H groups in total. The Morgan fingerprint density at radius 2 is 2.27 bits per heavy atom. The molecular weight excluding hydrogens is 188 g/mol. The summed E-state index contributed by atoms with van der Waals surface area (Å²) in [7, 11) is 0. The number of nitrogens with one attached hydrogen (secondary N) is 2. The highest BCUT2D eigenvalue weighted by molar-refractivity contribution is 5.81. The first kappa shape index (κ1) is 10.7. The fraction of sp³-hybridized carbons (Fsp3) is 0.909. The van der Waals surface area contributed by atoms with Crippen LogP contribution >= 0.6 is 0 Å². The first-order valence-electron chi connectivity index (χ1n) is 6.09. The molecule has 0 unspecified atom stereocenters. The van der Waals surface area contributed by atoms with Gasteiger partial charge in [-0.2, -0.15) is 0 Å². The van der Waals surface area contributed by atoms with Crippen molar-refractivity contribution in [2.45, 2.75) is 19.8 Å². The van der Waals surface area contributed by atoms with E-state index in [1.807, 2.05) is 0 Å². The molecule has 0 aromatic carbocycles. The molecule has 4 heteroatoms. The zero-order valence-electron chi connectivity index (χ0n) is 9.63. The molecule has 0 amide bonds. The van der Waals surface area contributed by atoms with Crippen LogP contribution in [0.1, 0.15) is 19.8 Å². The maximum atomic E-state index is 4.31. The molecule has 0 aliphatic carbocycles. The Balaban J connectivity index is 1.57. The van der Waals surface area contributed by atoms with Gasteiger partial charge in [0.15, 0.2) is 5.96 Å². The molecule has 0 aromatic rings. The third kappa shape index (κ3) is 3.38. The summed E-state index contributed by atoms with van der Waals surface area (Å²) >= 11 is 0. The lowest BCUT2D eigenvalue weighted by molar-refractivity contribution is 0.195. The van der Waals surface area contributed by atoms with E-state index in [0.29, 0.717) is 0 Å². The normalized spacial score (nSPS) is 23.7. The Morgan fingerprint density at radius 1 is 1.47 bits per heavy atom. The lowest BCUT2D eigenvalue weighted by Crippen LogP contribution is -2.41. The van der Waals surface area contributed by atoms with E-state index in [-0.39, 0.29) is 0 Å². The van der Waals surface area contributed by atoms with Gasteiger partial charge in [0.25, 0.3) is 0 Å². The molecule has 0 aromatic heterocycles. The van der Waals surface area contributed by atoms with E-state index in [4.69, 9.17) is 0 Å². The first-order valence-corrected chi connectivity index (χ1v) is 6.09. The van der Waals surface area contributed by atoms with Gasteiger partial charge in [-0.15, -0.1) is 0 Å². The molecule has 1 saturated heterocycles. The van der Waals surface area contributed by atoms with Crippen molar-refractivity contribution in [2.75, 3.05) is 39.3 Å². The molecule has 2 aliphatic rings. The van der Waals surface area contributed by atoms with Gasteiger partial charge in [0, 0.05) is 19.6 Å². The van der Waals surface area contributed by atoms with Crippen LogP contribution in [0.3, 0.4) is 0 Å². The van der Waals surface area contributed by atoms with Crippen molar-refractivity contribution in [2.24, 2.45) is 10.9 Å². The summed E-state index contributed by atoms with van der Waals surface area (Å²) in [5, 5.41) is 6.56. The molecule has 86 valence electrons. The molecular formula is C11H22N4. The van der Waals surface area contributed by atoms with Crippen molar-refractivity contribution in [1.29, 1.82) is 0 Å². The Morgan fingerprint density at radius 3 is 2.93 bits per heavy atom.